The highest BCUT2D eigenvalue weighted by atomic mass is 79.9. The quantitative estimate of drug-likeness (QED) is 0.565. The van der Waals surface area contributed by atoms with Crippen LogP contribution in [0.1, 0.15) is 29.8 Å². The highest BCUT2D eigenvalue weighted by molar-refractivity contribution is 9.10. The summed E-state index contributed by atoms with van der Waals surface area (Å²) in [6.07, 6.45) is 2.61. The number of benzene rings is 2. The molecule has 1 unspecified atom stereocenters. The topological polar surface area (TPSA) is 64.0 Å². The fraction of sp³-hybridized carbons (Fsp3) is 0.136. The Kier molecular flexibility index (Phi) is 5.57. The van der Waals surface area contributed by atoms with E-state index in [9.17, 15) is 4.79 Å². The van der Waals surface area contributed by atoms with E-state index in [2.05, 4.69) is 26.0 Å². The Morgan fingerprint density at radius 2 is 1.93 bits per heavy atom. The molecule has 0 bridgehead atoms. The molecule has 29 heavy (non-hydrogen) atoms. The van der Waals surface area contributed by atoms with Gasteiger partial charge in [0.15, 0.2) is 0 Å². The molecule has 1 atom stereocenters. The number of hydrazone groups is 1. The van der Waals surface area contributed by atoms with Crippen molar-refractivity contribution < 1.29 is 14.3 Å². The molecular weight excluding hydrogens is 434 g/mol. The Balaban J connectivity index is 1.60. The molecule has 6 nitrogen and oxygen atoms in total. The number of hydrogen-bond donors (Lipinski definition) is 0. The number of para-hydroxylation sites is 1. The smallest absolute Gasteiger partial charge is 0.243 e. The molecule has 3 aromatic rings. The van der Waals surface area contributed by atoms with Gasteiger partial charge in [0.2, 0.25) is 18.0 Å². The van der Waals surface area contributed by atoms with E-state index in [0.29, 0.717) is 18.3 Å². The summed E-state index contributed by atoms with van der Waals surface area (Å²) in [5.74, 6) is 0.783. The van der Waals surface area contributed by atoms with Gasteiger partial charge < -0.3 is 9.47 Å². The van der Waals surface area contributed by atoms with Crippen LogP contribution in [0, 0.1) is 0 Å². The van der Waals surface area contributed by atoms with Gasteiger partial charge in [-0.1, -0.05) is 40.2 Å². The number of rotatable bonds is 5. The van der Waals surface area contributed by atoms with Crippen molar-refractivity contribution in [2.75, 3.05) is 0 Å². The van der Waals surface area contributed by atoms with Crippen molar-refractivity contribution in [1.82, 2.24) is 9.99 Å². The molecule has 4 rings (SSSR count). The zero-order valence-corrected chi connectivity index (χ0v) is 17.2. The lowest BCUT2D eigenvalue weighted by Crippen LogP contribution is -2.25. The Morgan fingerprint density at radius 1 is 1.14 bits per heavy atom. The first kappa shape index (κ1) is 19.1. The van der Waals surface area contributed by atoms with Crippen LogP contribution in [0.5, 0.6) is 5.75 Å². The summed E-state index contributed by atoms with van der Waals surface area (Å²) >= 11 is 3.47. The first-order valence-electron chi connectivity index (χ1n) is 9.03. The minimum Gasteiger partial charge on any atom is -0.488 e. The third-order valence-electron chi connectivity index (χ3n) is 4.36. The maximum Gasteiger partial charge on any atom is 0.243 e. The Morgan fingerprint density at radius 3 is 2.69 bits per heavy atom. The molecule has 7 heteroatoms. The standard InChI is InChI=1S/C22H18BrN3O3/c1-15(27)26-22(29-21(25-26)17-9-11-24-12-10-17)19-7-2-3-8-20(19)28-14-16-5-4-6-18(23)13-16/h2-13,22H,14H2,1H3. The molecule has 1 amide bonds. The molecule has 0 aliphatic carbocycles. The van der Waals surface area contributed by atoms with Gasteiger partial charge >= 0.3 is 0 Å². The van der Waals surface area contributed by atoms with Gasteiger partial charge in [0.1, 0.15) is 12.4 Å². The first-order valence-corrected chi connectivity index (χ1v) is 9.83. The number of pyridine rings is 1. The lowest BCUT2D eigenvalue weighted by atomic mass is 10.1. The summed E-state index contributed by atoms with van der Waals surface area (Å²) in [4.78, 5) is 16.2. The molecule has 0 N–H and O–H groups in total. The molecule has 2 heterocycles. The summed E-state index contributed by atoms with van der Waals surface area (Å²) in [7, 11) is 0. The zero-order valence-electron chi connectivity index (χ0n) is 15.7. The Hall–Kier alpha value is -3.19. The number of amides is 1. The predicted octanol–water partition coefficient (Wildman–Crippen LogP) is 4.66. The third-order valence-corrected chi connectivity index (χ3v) is 4.86. The van der Waals surface area contributed by atoms with Crippen LogP contribution >= 0.6 is 15.9 Å². The van der Waals surface area contributed by atoms with Crippen molar-refractivity contribution >= 4 is 27.7 Å². The fourth-order valence-corrected chi connectivity index (χ4v) is 3.43. The van der Waals surface area contributed by atoms with Crippen LogP contribution in [-0.2, 0) is 16.1 Å². The molecule has 0 saturated heterocycles. The zero-order chi connectivity index (χ0) is 20.2. The molecule has 146 valence electrons. The number of ether oxygens (including phenoxy) is 2. The summed E-state index contributed by atoms with van der Waals surface area (Å²) in [5, 5.41) is 5.71. The monoisotopic (exact) mass is 451 g/mol. The molecule has 0 radical (unpaired) electrons. The SMILES string of the molecule is CC(=O)N1N=C(c2ccncc2)OC1c1ccccc1OCc1cccc(Br)c1. The minimum atomic E-state index is -0.700. The van der Waals surface area contributed by atoms with Crippen molar-refractivity contribution in [2.45, 2.75) is 19.8 Å². The maximum absolute atomic E-state index is 12.2. The molecule has 1 aliphatic rings. The van der Waals surface area contributed by atoms with Gasteiger partial charge in [0.05, 0.1) is 5.56 Å². The molecule has 1 aliphatic heterocycles. The lowest BCUT2D eigenvalue weighted by Gasteiger charge is -2.22. The summed E-state index contributed by atoms with van der Waals surface area (Å²) < 4.78 is 13.1. The number of carbonyl (C=O) groups excluding carboxylic acids is 1. The van der Waals surface area contributed by atoms with E-state index in [1.165, 1.54) is 11.9 Å². The van der Waals surface area contributed by atoms with Crippen LogP contribution in [0.15, 0.2) is 82.6 Å². The molecule has 0 spiro atoms. The summed E-state index contributed by atoms with van der Waals surface area (Å²) in [5.41, 5.74) is 2.51. The van der Waals surface area contributed by atoms with Crippen LogP contribution in [-0.4, -0.2) is 21.8 Å². The van der Waals surface area contributed by atoms with Crippen molar-refractivity contribution in [3.05, 3.63) is 94.2 Å². The fourth-order valence-electron chi connectivity index (χ4n) is 2.98. The largest absolute Gasteiger partial charge is 0.488 e. The highest BCUT2D eigenvalue weighted by Gasteiger charge is 2.34. The number of nitrogens with zero attached hydrogens (tertiary/aromatic N) is 3. The highest BCUT2D eigenvalue weighted by Crippen LogP contribution is 2.35. The van der Waals surface area contributed by atoms with Gasteiger partial charge in [-0.2, -0.15) is 5.01 Å². The number of aromatic nitrogens is 1. The second kappa shape index (κ2) is 8.45. The van der Waals surface area contributed by atoms with E-state index in [4.69, 9.17) is 9.47 Å². The van der Waals surface area contributed by atoms with Gasteiger partial charge in [0, 0.05) is 29.4 Å². The molecule has 2 aromatic carbocycles. The van der Waals surface area contributed by atoms with Crippen molar-refractivity contribution in [3.8, 4) is 5.75 Å². The predicted molar refractivity (Wildman–Crippen MR) is 112 cm³/mol. The second-order valence-corrected chi connectivity index (χ2v) is 7.35. The molecule has 1 aromatic heterocycles. The van der Waals surface area contributed by atoms with E-state index >= 15 is 0 Å². The minimum absolute atomic E-state index is 0.221. The summed E-state index contributed by atoms with van der Waals surface area (Å²) in [6, 6.07) is 19.0. The van der Waals surface area contributed by atoms with E-state index in [1.54, 1.807) is 24.5 Å². The van der Waals surface area contributed by atoms with Gasteiger partial charge in [-0.3, -0.25) is 9.78 Å². The maximum atomic E-state index is 12.2. The number of hydrogen-bond acceptors (Lipinski definition) is 5. The molecule has 0 saturated carbocycles. The Bertz CT molecular complexity index is 1060. The average molecular weight is 452 g/mol. The van der Waals surface area contributed by atoms with Gasteiger partial charge in [-0.15, -0.1) is 5.10 Å². The lowest BCUT2D eigenvalue weighted by molar-refractivity contribution is -0.135. The second-order valence-electron chi connectivity index (χ2n) is 6.43. The van der Waals surface area contributed by atoms with Gasteiger partial charge in [-0.05, 0) is 42.0 Å². The Labute approximate surface area is 176 Å². The first-order chi connectivity index (χ1) is 14.1. The normalized spacial score (nSPS) is 15.6. The van der Waals surface area contributed by atoms with E-state index in [1.807, 2.05) is 48.5 Å². The summed E-state index contributed by atoms with van der Waals surface area (Å²) in [6.45, 7) is 1.85. The number of carbonyl (C=O) groups is 1. The van der Waals surface area contributed by atoms with E-state index in [0.717, 1.165) is 21.2 Å². The van der Waals surface area contributed by atoms with E-state index in [-0.39, 0.29) is 5.91 Å². The third kappa shape index (κ3) is 4.30. The van der Waals surface area contributed by atoms with Crippen LogP contribution < -0.4 is 4.74 Å². The van der Waals surface area contributed by atoms with Crippen LogP contribution in [0.3, 0.4) is 0 Å². The average Bonchev–Trinajstić information content (AvgIpc) is 3.19. The van der Waals surface area contributed by atoms with Gasteiger partial charge in [-0.25, -0.2) is 0 Å². The van der Waals surface area contributed by atoms with Crippen molar-refractivity contribution in [1.29, 1.82) is 0 Å². The van der Waals surface area contributed by atoms with E-state index < -0.39 is 6.23 Å². The van der Waals surface area contributed by atoms with Gasteiger partial charge in [0.25, 0.3) is 0 Å². The van der Waals surface area contributed by atoms with Crippen LogP contribution in [0.25, 0.3) is 0 Å². The molecule has 0 fully saturated rings. The number of halogens is 1. The van der Waals surface area contributed by atoms with Crippen molar-refractivity contribution in [3.63, 3.8) is 0 Å². The van der Waals surface area contributed by atoms with Crippen LogP contribution in [0.4, 0.5) is 0 Å². The van der Waals surface area contributed by atoms with Crippen LogP contribution in [0.2, 0.25) is 0 Å². The molecular formula is C22H18BrN3O3. The van der Waals surface area contributed by atoms with Crippen molar-refractivity contribution in [2.24, 2.45) is 5.10 Å².